The molecule has 2 N–H and O–H groups in total. The molecule has 1 aliphatic rings. The largest absolute Gasteiger partial charge is 0.322 e. The van der Waals surface area contributed by atoms with Crippen molar-refractivity contribution >= 4 is 11.7 Å². The summed E-state index contributed by atoms with van der Waals surface area (Å²) in [5.41, 5.74) is 2.63. The monoisotopic (exact) mass is 337 g/mol. The van der Waals surface area contributed by atoms with Crippen molar-refractivity contribution in [1.82, 2.24) is 30.1 Å². The number of rotatable bonds is 3. The SMILES string of the molecule is O=C(Nc1cccc(-n2ccnn2)c1)N1CCCC[C@H]1c1cn[nH]c1. The third-order valence-electron chi connectivity index (χ3n) is 4.45. The molecule has 1 aliphatic heterocycles. The van der Waals surface area contributed by atoms with E-state index < -0.39 is 0 Å². The van der Waals surface area contributed by atoms with Crippen LogP contribution in [0, 0.1) is 0 Å². The van der Waals surface area contributed by atoms with E-state index in [1.165, 1.54) is 0 Å². The average Bonchev–Trinajstić information content (AvgIpc) is 3.36. The Morgan fingerprint density at radius 3 is 3.08 bits per heavy atom. The van der Waals surface area contributed by atoms with Gasteiger partial charge in [-0.1, -0.05) is 11.3 Å². The zero-order valence-corrected chi connectivity index (χ0v) is 13.7. The maximum atomic E-state index is 12.8. The van der Waals surface area contributed by atoms with Crippen molar-refractivity contribution in [2.24, 2.45) is 0 Å². The van der Waals surface area contributed by atoms with E-state index in [0.717, 1.165) is 42.7 Å². The van der Waals surface area contributed by atoms with E-state index in [9.17, 15) is 4.79 Å². The van der Waals surface area contributed by atoms with Crippen LogP contribution >= 0.6 is 0 Å². The second kappa shape index (κ2) is 6.76. The van der Waals surface area contributed by atoms with E-state index in [4.69, 9.17) is 0 Å². The minimum absolute atomic E-state index is 0.0611. The van der Waals surface area contributed by atoms with Crippen LogP contribution in [0.4, 0.5) is 10.5 Å². The number of nitrogens with zero attached hydrogens (tertiary/aromatic N) is 5. The van der Waals surface area contributed by atoms with Crippen LogP contribution < -0.4 is 5.32 Å². The summed E-state index contributed by atoms with van der Waals surface area (Å²) in [6.07, 6.45) is 10.1. The summed E-state index contributed by atoms with van der Waals surface area (Å²) in [7, 11) is 0. The van der Waals surface area contributed by atoms with Gasteiger partial charge in [0.1, 0.15) is 0 Å². The van der Waals surface area contributed by atoms with Crippen molar-refractivity contribution < 1.29 is 4.79 Å². The van der Waals surface area contributed by atoms with Crippen LogP contribution in [0.5, 0.6) is 0 Å². The lowest BCUT2D eigenvalue weighted by molar-refractivity contribution is 0.163. The number of amides is 2. The number of piperidine rings is 1. The number of likely N-dealkylation sites (tertiary alicyclic amines) is 1. The molecule has 25 heavy (non-hydrogen) atoms. The number of hydrogen-bond donors (Lipinski definition) is 2. The van der Waals surface area contributed by atoms with Gasteiger partial charge in [-0.2, -0.15) is 5.10 Å². The Morgan fingerprint density at radius 2 is 2.28 bits per heavy atom. The molecule has 1 aromatic carbocycles. The van der Waals surface area contributed by atoms with Crippen molar-refractivity contribution in [2.75, 3.05) is 11.9 Å². The zero-order valence-electron chi connectivity index (χ0n) is 13.7. The number of aromatic nitrogens is 5. The Balaban J connectivity index is 1.52. The molecule has 0 unspecified atom stereocenters. The number of hydrogen-bond acceptors (Lipinski definition) is 4. The van der Waals surface area contributed by atoms with E-state index >= 15 is 0 Å². The Hall–Kier alpha value is -3.16. The van der Waals surface area contributed by atoms with Gasteiger partial charge in [0, 0.05) is 24.0 Å². The lowest BCUT2D eigenvalue weighted by Crippen LogP contribution is -2.41. The van der Waals surface area contributed by atoms with Crippen LogP contribution in [0.25, 0.3) is 5.69 Å². The Morgan fingerprint density at radius 1 is 1.32 bits per heavy atom. The molecular formula is C17H19N7O. The van der Waals surface area contributed by atoms with Gasteiger partial charge in [0.05, 0.1) is 30.3 Å². The van der Waals surface area contributed by atoms with Crippen LogP contribution in [-0.4, -0.2) is 42.7 Å². The highest BCUT2D eigenvalue weighted by molar-refractivity contribution is 5.90. The van der Waals surface area contributed by atoms with E-state index in [1.807, 2.05) is 35.4 Å². The van der Waals surface area contributed by atoms with Gasteiger partial charge in [-0.15, -0.1) is 5.10 Å². The first-order valence-electron chi connectivity index (χ1n) is 8.34. The number of benzene rings is 1. The third kappa shape index (κ3) is 3.23. The van der Waals surface area contributed by atoms with E-state index in [-0.39, 0.29) is 12.1 Å². The zero-order chi connectivity index (χ0) is 17.1. The molecule has 3 heterocycles. The number of urea groups is 1. The molecule has 0 spiro atoms. The normalized spacial score (nSPS) is 17.4. The lowest BCUT2D eigenvalue weighted by Gasteiger charge is -2.35. The van der Waals surface area contributed by atoms with Crippen LogP contribution in [0.1, 0.15) is 30.9 Å². The first-order chi connectivity index (χ1) is 12.3. The fourth-order valence-electron chi connectivity index (χ4n) is 3.23. The smallest absolute Gasteiger partial charge is 0.317 e. The molecule has 0 bridgehead atoms. The molecule has 2 amide bonds. The van der Waals surface area contributed by atoms with Crippen molar-refractivity contribution in [2.45, 2.75) is 25.3 Å². The molecule has 1 atom stereocenters. The Kier molecular flexibility index (Phi) is 4.16. The van der Waals surface area contributed by atoms with Crippen molar-refractivity contribution in [3.05, 3.63) is 54.6 Å². The number of H-pyrrole nitrogens is 1. The highest BCUT2D eigenvalue weighted by Crippen LogP contribution is 2.30. The summed E-state index contributed by atoms with van der Waals surface area (Å²) in [6, 6.07) is 7.52. The van der Waals surface area contributed by atoms with Gasteiger partial charge in [-0.3, -0.25) is 5.10 Å². The molecular weight excluding hydrogens is 318 g/mol. The highest BCUT2D eigenvalue weighted by atomic mass is 16.2. The molecule has 128 valence electrons. The quantitative estimate of drug-likeness (QED) is 0.769. The van der Waals surface area contributed by atoms with Gasteiger partial charge in [0.25, 0.3) is 0 Å². The van der Waals surface area contributed by atoms with E-state index in [0.29, 0.717) is 0 Å². The first-order valence-corrected chi connectivity index (χ1v) is 8.34. The van der Waals surface area contributed by atoms with Crippen LogP contribution in [0.3, 0.4) is 0 Å². The maximum Gasteiger partial charge on any atom is 0.322 e. The predicted octanol–water partition coefficient (Wildman–Crippen LogP) is 2.75. The molecule has 3 aromatic rings. The number of carbonyl (C=O) groups is 1. The van der Waals surface area contributed by atoms with E-state index in [1.54, 1.807) is 23.3 Å². The van der Waals surface area contributed by atoms with E-state index in [2.05, 4.69) is 25.8 Å². The summed E-state index contributed by atoms with van der Waals surface area (Å²) in [4.78, 5) is 14.7. The third-order valence-corrected chi connectivity index (χ3v) is 4.45. The number of carbonyl (C=O) groups excluding carboxylic acids is 1. The molecule has 2 aromatic heterocycles. The second-order valence-electron chi connectivity index (χ2n) is 6.06. The fourth-order valence-corrected chi connectivity index (χ4v) is 3.23. The minimum atomic E-state index is -0.0957. The summed E-state index contributed by atoms with van der Waals surface area (Å²) >= 11 is 0. The van der Waals surface area contributed by atoms with Gasteiger partial charge < -0.3 is 10.2 Å². The van der Waals surface area contributed by atoms with Crippen LogP contribution in [0.2, 0.25) is 0 Å². The van der Waals surface area contributed by atoms with Crippen LogP contribution in [0.15, 0.2) is 49.1 Å². The number of aromatic amines is 1. The van der Waals surface area contributed by atoms with Crippen molar-refractivity contribution in [3.63, 3.8) is 0 Å². The predicted molar refractivity (Wildman–Crippen MR) is 92.3 cm³/mol. The molecule has 0 aliphatic carbocycles. The average molecular weight is 337 g/mol. The summed E-state index contributed by atoms with van der Waals surface area (Å²) in [5.74, 6) is 0. The molecule has 1 saturated heterocycles. The summed E-state index contributed by atoms with van der Waals surface area (Å²) in [6.45, 7) is 0.741. The summed E-state index contributed by atoms with van der Waals surface area (Å²) in [5, 5.41) is 17.6. The van der Waals surface area contributed by atoms with Gasteiger partial charge in [0.2, 0.25) is 0 Å². The Labute approximate surface area is 144 Å². The molecule has 8 heteroatoms. The van der Waals surface area contributed by atoms with Gasteiger partial charge in [-0.25, -0.2) is 9.48 Å². The molecule has 8 nitrogen and oxygen atoms in total. The van der Waals surface area contributed by atoms with Crippen molar-refractivity contribution in [3.8, 4) is 5.69 Å². The summed E-state index contributed by atoms with van der Waals surface area (Å²) < 4.78 is 1.66. The standard InChI is InChI=1S/C17H19N7O/c25-17(23-8-2-1-6-16(23)13-11-19-20-12-13)21-14-4-3-5-15(10-14)24-9-7-18-22-24/h3-5,7,9-12,16H,1-2,6,8H2,(H,19,20)(H,21,25)/t16-/m0/s1. The fraction of sp³-hybridized carbons (Fsp3) is 0.294. The molecule has 0 saturated carbocycles. The molecule has 1 fully saturated rings. The van der Waals surface area contributed by atoms with Gasteiger partial charge in [0.15, 0.2) is 0 Å². The lowest BCUT2D eigenvalue weighted by atomic mass is 9.98. The van der Waals surface area contributed by atoms with Gasteiger partial charge >= 0.3 is 6.03 Å². The van der Waals surface area contributed by atoms with Gasteiger partial charge in [-0.05, 0) is 37.5 Å². The first kappa shape index (κ1) is 15.4. The molecule has 4 rings (SSSR count). The van der Waals surface area contributed by atoms with Crippen molar-refractivity contribution in [1.29, 1.82) is 0 Å². The second-order valence-corrected chi connectivity index (χ2v) is 6.06. The van der Waals surface area contributed by atoms with Crippen LogP contribution in [-0.2, 0) is 0 Å². The number of anilines is 1. The Bertz CT molecular complexity index is 829. The maximum absolute atomic E-state index is 12.8. The topological polar surface area (TPSA) is 91.7 Å². The highest BCUT2D eigenvalue weighted by Gasteiger charge is 2.28. The minimum Gasteiger partial charge on any atom is -0.317 e. The molecule has 0 radical (unpaired) electrons. The number of nitrogens with one attached hydrogen (secondary N) is 2.